The first kappa shape index (κ1) is 18.9. The molecule has 1 aliphatic rings. The van der Waals surface area contributed by atoms with E-state index >= 15 is 0 Å². The Labute approximate surface area is 131 Å². The van der Waals surface area contributed by atoms with Crippen LogP contribution in [0.25, 0.3) is 0 Å². The molecule has 2 N–H and O–H groups in total. The van der Waals surface area contributed by atoms with Crippen molar-refractivity contribution in [3.8, 4) is 0 Å². The van der Waals surface area contributed by atoms with Crippen LogP contribution in [0.1, 0.15) is 78.1 Å². The van der Waals surface area contributed by atoms with Crippen molar-refractivity contribution in [2.75, 3.05) is 19.7 Å². The molecule has 3 nitrogen and oxygen atoms in total. The van der Waals surface area contributed by atoms with Gasteiger partial charge in [-0.25, -0.2) is 0 Å². The standard InChI is InChI=1S/C18H37NO2/c1-3-4-5-6-7-8-13-19-14-17(20)15-21-18-11-9-16(2)10-12-18/h16-20H,3-15H2,1-2H3. The van der Waals surface area contributed by atoms with Crippen LogP contribution < -0.4 is 5.32 Å². The summed E-state index contributed by atoms with van der Waals surface area (Å²) in [7, 11) is 0. The summed E-state index contributed by atoms with van der Waals surface area (Å²) in [5.74, 6) is 0.855. The van der Waals surface area contributed by atoms with Crippen LogP contribution in [-0.4, -0.2) is 37.0 Å². The molecule has 1 saturated carbocycles. The second-order valence-corrected chi connectivity index (χ2v) is 6.84. The minimum absolute atomic E-state index is 0.357. The van der Waals surface area contributed by atoms with Crippen LogP contribution in [0.15, 0.2) is 0 Å². The van der Waals surface area contributed by atoms with E-state index < -0.39 is 0 Å². The maximum absolute atomic E-state index is 9.92. The zero-order valence-electron chi connectivity index (χ0n) is 14.3. The van der Waals surface area contributed by atoms with E-state index in [2.05, 4.69) is 19.2 Å². The monoisotopic (exact) mass is 299 g/mol. The van der Waals surface area contributed by atoms with Crippen molar-refractivity contribution in [3.05, 3.63) is 0 Å². The van der Waals surface area contributed by atoms with Gasteiger partial charge in [-0.1, -0.05) is 46.0 Å². The van der Waals surface area contributed by atoms with Crippen LogP contribution in [0.5, 0.6) is 0 Å². The zero-order chi connectivity index (χ0) is 15.3. The second kappa shape index (κ2) is 12.4. The Morgan fingerprint density at radius 3 is 2.43 bits per heavy atom. The van der Waals surface area contributed by atoms with Crippen molar-refractivity contribution in [1.82, 2.24) is 5.32 Å². The summed E-state index contributed by atoms with van der Waals surface area (Å²) >= 11 is 0. The van der Waals surface area contributed by atoms with Crippen molar-refractivity contribution < 1.29 is 9.84 Å². The van der Waals surface area contributed by atoms with E-state index in [9.17, 15) is 5.11 Å². The third-order valence-electron chi connectivity index (χ3n) is 4.57. The molecule has 0 amide bonds. The Bertz CT molecular complexity index is 227. The van der Waals surface area contributed by atoms with Gasteiger partial charge in [0.25, 0.3) is 0 Å². The van der Waals surface area contributed by atoms with Gasteiger partial charge in [0.05, 0.1) is 18.8 Å². The summed E-state index contributed by atoms with van der Waals surface area (Å²) < 4.78 is 5.83. The molecule has 0 aromatic heterocycles. The molecule has 0 heterocycles. The number of aliphatic hydroxyl groups excluding tert-OH is 1. The molecule has 1 aliphatic carbocycles. The quantitative estimate of drug-likeness (QED) is 0.537. The molecule has 0 saturated heterocycles. The van der Waals surface area contributed by atoms with Crippen molar-refractivity contribution in [1.29, 1.82) is 0 Å². The maximum Gasteiger partial charge on any atom is 0.0897 e. The van der Waals surface area contributed by atoms with Crippen LogP contribution in [-0.2, 0) is 4.74 Å². The van der Waals surface area contributed by atoms with E-state index in [4.69, 9.17) is 4.74 Å². The van der Waals surface area contributed by atoms with E-state index in [0.717, 1.165) is 12.5 Å². The third-order valence-corrected chi connectivity index (χ3v) is 4.57. The predicted molar refractivity (Wildman–Crippen MR) is 89.6 cm³/mol. The SMILES string of the molecule is CCCCCCCCNCC(O)COC1CCC(C)CC1. The molecular formula is C18H37NO2. The second-order valence-electron chi connectivity index (χ2n) is 6.84. The first-order chi connectivity index (χ1) is 10.2. The Morgan fingerprint density at radius 2 is 1.71 bits per heavy atom. The van der Waals surface area contributed by atoms with Gasteiger partial charge in [-0.15, -0.1) is 0 Å². The van der Waals surface area contributed by atoms with Gasteiger partial charge in [0.15, 0.2) is 0 Å². The first-order valence-electron chi connectivity index (χ1n) is 9.22. The first-order valence-corrected chi connectivity index (χ1v) is 9.22. The van der Waals surface area contributed by atoms with E-state index in [1.807, 2.05) is 0 Å². The minimum atomic E-state index is -0.357. The van der Waals surface area contributed by atoms with Gasteiger partial charge in [0, 0.05) is 6.54 Å². The van der Waals surface area contributed by atoms with Crippen molar-refractivity contribution in [2.24, 2.45) is 5.92 Å². The van der Waals surface area contributed by atoms with Crippen molar-refractivity contribution >= 4 is 0 Å². The number of ether oxygens (including phenoxy) is 1. The lowest BCUT2D eigenvalue weighted by atomic mass is 9.89. The maximum atomic E-state index is 9.92. The Morgan fingerprint density at radius 1 is 1.05 bits per heavy atom. The summed E-state index contributed by atoms with van der Waals surface area (Å²) in [5.41, 5.74) is 0. The molecule has 0 aromatic rings. The predicted octanol–water partition coefficient (Wildman–Crippen LogP) is 3.89. The molecular weight excluding hydrogens is 262 g/mol. The smallest absolute Gasteiger partial charge is 0.0897 e. The Balaban J connectivity index is 1.86. The molecule has 0 bridgehead atoms. The van der Waals surface area contributed by atoms with E-state index in [-0.39, 0.29) is 6.10 Å². The number of rotatable bonds is 12. The van der Waals surface area contributed by atoms with Gasteiger partial charge in [-0.05, 0) is 44.6 Å². The molecule has 0 spiro atoms. The van der Waals surface area contributed by atoms with Crippen molar-refractivity contribution in [2.45, 2.75) is 90.3 Å². The van der Waals surface area contributed by atoms with Gasteiger partial charge in [0.2, 0.25) is 0 Å². The van der Waals surface area contributed by atoms with Crippen LogP contribution >= 0.6 is 0 Å². The topological polar surface area (TPSA) is 41.5 Å². The van der Waals surface area contributed by atoms with Crippen LogP contribution in [0, 0.1) is 5.92 Å². The normalized spacial score (nSPS) is 24.1. The average molecular weight is 299 g/mol. The number of unbranched alkanes of at least 4 members (excludes halogenated alkanes) is 5. The van der Waals surface area contributed by atoms with Gasteiger partial charge in [0.1, 0.15) is 0 Å². The summed E-state index contributed by atoms with van der Waals surface area (Å²) in [6, 6.07) is 0. The molecule has 21 heavy (non-hydrogen) atoms. The van der Waals surface area contributed by atoms with Gasteiger partial charge >= 0.3 is 0 Å². The van der Waals surface area contributed by atoms with E-state index in [0.29, 0.717) is 19.3 Å². The van der Waals surface area contributed by atoms with Gasteiger partial charge < -0.3 is 15.2 Å². The Kier molecular flexibility index (Phi) is 11.2. The van der Waals surface area contributed by atoms with E-state index in [1.54, 1.807) is 0 Å². The molecule has 126 valence electrons. The fourth-order valence-electron chi connectivity index (χ4n) is 3.00. The highest BCUT2D eigenvalue weighted by atomic mass is 16.5. The van der Waals surface area contributed by atoms with Crippen LogP contribution in [0.3, 0.4) is 0 Å². The van der Waals surface area contributed by atoms with Gasteiger partial charge in [-0.2, -0.15) is 0 Å². The molecule has 1 fully saturated rings. The van der Waals surface area contributed by atoms with Crippen LogP contribution in [0.2, 0.25) is 0 Å². The Hall–Kier alpha value is -0.120. The summed E-state index contributed by atoms with van der Waals surface area (Å²) in [6.07, 6.45) is 12.8. The molecule has 3 heteroatoms. The fraction of sp³-hybridized carbons (Fsp3) is 1.00. The molecule has 0 radical (unpaired) electrons. The number of nitrogens with one attached hydrogen (secondary N) is 1. The zero-order valence-corrected chi connectivity index (χ0v) is 14.3. The summed E-state index contributed by atoms with van der Waals surface area (Å²) in [4.78, 5) is 0. The number of aliphatic hydroxyl groups is 1. The lowest BCUT2D eigenvalue weighted by Crippen LogP contribution is -2.33. The summed E-state index contributed by atoms with van der Waals surface area (Å²) in [5, 5.41) is 13.3. The fourth-order valence-corrected chi connectivity index (χ4v) is 3.00. The van der Waals surface area contributed by atoms with E-state index in [1.165, 1.54) is 64.2 Å². The highest BCUT2D eigenvalue weighted by Gasteiger charge is 2.19. The highest BCUT2D eigenvalue weighted by Crippen LogP contribution is 2.25. The molecule has 1 unspecified atom stereocenters. The number of hydrogen-bond donors (Lipinski definition) is 2. The molecule has 1 atom stereocenters. The molecule has 0 aromatic carbocycles. The van der Waals surface area contributed by atoms with Gasteiger partial charge in [-0.3, -0.25) is 0 Å². The lowest BCUT2D eigenvalue weighted by Gasteiger charge is -2.27. The lowest BCUT2D eigenvalue weighted by molar-refractivity contribution is -0.0277. The molecule has 0 aliphatic heterocycles. The summed E-state index contributed by atoms with van der Waals surface area (Å²) in [6.45, 7) is 6.74. The molecule has 1 rings (SSSR count). The van der Waals surface area contributed by atoms with Crippen LogP contribution in [0.4, 0.5) is 0 Å². The third kappa shape index (κ3) is 10.3. The minimum Gasteiger partial charge on any atom is -0.389 e. The number of hydrogen-bond acceptors (Lipinski definition) is 3. The largest absolute Gasteiger partial charge is 0.389 e. The average Bonchev–Trinajstić information content (AvgIpc) is 2.49. The van der Waals surface area contributed by atoms with Crippen molar-refractivity contribution in [3.63, 3.8) is 0 Å². The highest BCUT2D eigenvalue weighted by molar-refractivity contribution is 4.71.